The average molecular weight is 159 g/mol. The van der Waals surface area contributed by atoms with Crippen molar-refractivity contribution in [3.8, 4) is 0 Å². The smallest absolute Gasteiger partial charge is 0.0290 e. The molecule has 0 aliphatic carbocycles. The van der Waals surface area contributed by atoms with Crippen molar-refractivity contribution in [1.82, 2.24) is 0 Å². The quantitative estimate of drug-likeness (QED) is 0.390. The lowest BCUT2D eigenvalue weighted by Gasteiger charge is -1.97. The van der Waals surface area contributed by atoms with Crippen LogP contribution in [0.4, 0.5) is 0 Å². The maximum atomic E-state index is 2.27. The molecule has 0 saturated heterocycles. The largest absolute Gasteiger partial charge is 0.0844 e. The van der Waals surface area contributed by atoms with Crippen LogP contribution in [0.2, 0.25) is 0 Å². The monoisotopic (exact) mass is 159 g/mol. The van der Waals surface area contributed by atoms with E-state index in [-0.39, 0.29) is 0 Å². The van der Waals surface area contributed by atoms with Crippen molar-refractivity contribution >= 4 is 8.58 Å². The Kier molecular flexibility index (Phi) is 9.84. The van der Waals surface area contributed by atoms with Crippen LogP contribution in [-0.4, -0.2) is 12.8 Å². The number of hydrogen-bond donors (Lipinski definition) is 0. The molecule has 10 heavy (non-hydrogen) atoms. The van der Waals surface area contributed by atoms with Gasteiger partial charge in [-0.25, -0.2) is 0 Å². The van der Waals surface area contributed by atoms with Crippen molar-refractivity contribution < 1.29 is 0 Å². The molecule has 0 amide bonds. The third-order valence-corrected chi connectivity index (χ3v) is 2.50. The topological polar surface area (TPSA) is 0 Å². The van der Waals surface area contributed by atoms with Crippen molar-refractivity contribution in [3.05, 3.63) is 0 Å². The second kappa shape index (κ2) is 9.43. The molecule has 0 unspecified atom stereocenters. The van der Waals surface area contributed by atoms with E-state index in [1.165, 1.54) is 44.7 Å². The van der Waals surface area contributed by atoms with E-state index in [1.807, 2.05) is 0 Å². The summed E-state index contributed by atoms with van der Waals surface area (Å²) >= 11 is 0. The van der Waals surface area contributed by atoms with Gasteiger partial charge >= 0.3 is 0 Å². The van der Waals surface area contributed by atoms with Crippen LogP contribution < -0.4 is 0 Å². The first-order valence-corrected chi connectivity index (χ1v) is 6.00. The lowest BCUT2D eigenvalue weighted by atomic mass is 10.1. The molecular weight excluding hydrogens is 139 g/mol. The molecule has 0 nitrogen and oxygen atoms in total. The third-order valence-electron chi connectivity index (χ3n) is 1.74. The summed E-state index contributed by atoms with van der Waals surface area (Å²) < 4.78 is 0. The number of hydrogen-bond acceptors (Lipinski definition) is 0. The van der Waals surface area contributed by atoms with E-state index in [4.69, 9.17) is 0 Å². The highest BCUT2D eigenvalue weighted by Crippen LogP contribution is 2.10. The van der Waals surface area contributed by atoms with Gasteiger partial charge < -0.3 is 0 Å². The Morgan fingerprint density at radius 1 is 0.900 bits per heavy atom. The predicted octanol–water partition coefficient (Wildman–Crippen LogP) is 3.92. The fourth-order valence-electron chi connectivity index (χ4n) is 1.05. The standard InChI is InChI=1S/C9H20P/c1-3-4-5-6-7-8-9-10-2/h3-9H2,1-2H3. The second-order valence-corrected chi connectivity index (χ2v) is 3.89. The Balaban J connectivity index is 2.65. The van der Waals surface area contributed by atoms with E-state index in [0.29, 0.717) is 0 Å². The van der Waals surface area contributed by atoms with Gasteiger partial charge in [-0.05, 0) is 19.2 Å². The minimum Gasteiger partial charge on any atom is -0.0844 e. The van der Waals surface area contributed by atoms with Crippen molar-refractivity contribution in [3.63, 3.8) is 0 Å². The molecule has 0 spiro atoms. The SMILES string of the molecule is CCCCCCCC[P]C. The normalized spacial score (nSPS) is 11.4. The summed E-state index contributed by atoms with van der Waals surface area (Å²) in [6, 6.07) is 0. The molecule has 0 aromatic rings. The van der Waals surface area contributed by atoms with Gasteiger partial charge in [0.15, 0.2) is 0 Å². The van der Waals surface area contributed by atoms with E-state index in [2.05, 4.69) is 13.6 Å². The molecule has 0 saturated carbocycles. The van der Waals surface area contributed by atoms with Crippen LogP contribution >= 0.6 is 8.58 Å². The molecule has 0 heterocycles. The Morgan fingerprint density at radius 2 is 1.50 bits per heavy atom. The predicted molar refractivity (Wildman–Crippen MR) is 51.1 cm³/mol. The summed E-state index contributed by atoms with van der Waals surface area (Å²) in [6.45, 7) is 4.51. The molecule has 0 aliphatic rings. The molecule has 0 fully saturated rings. The highest BCUT2D eigenvalue weighted by molar-refractivity contribution is 7.36. The zero-order chi connectivity index (χ0) is 7.66. The van der Waals surface area contributed by atoms with E-state index in [1.54, 1.807) is 8.58 Å². The fourth-order valence-corrected chi connectivity index (χ4v) is 1.59. The van der Waals surface area contributed by atoms with E-state index < -0.39 is 0 Å². The van der Waals surface area contributed by atoms with Crippen LogP contribution in [0.15, 0.2) is 0 Å². The molecule has 1 heteroatoms. The minimum atomic E-state index is 1.37. The molecule has 0 aromatic carbocycles. The highest BCUT2D eigenvalue weighted by Gasteiger charge is 1.87. The van der Waals surface area contributed by atoms with Gasteiger partial charge in [0.2, 0.25) is 0 Å². The lowest BCUT2D eigenvalue weighted by Crippen LogP contribution is -1.79. The molecule has 0 rings (SSSR count). The van der Waals surface area contributed by atoms with Crippen molar-refractivity contribution in [1.29, 1.82) is 0 Å². The molecule has 0 N–H and O–H groups in total. The van der Waals surface area contributed by atoms with Crippen LogP contribution in [0.3, 0.4) is 0 Å². The van der Waals surface area contributed by atoms with Crippen LogP contribution in [0.1, 0.15) is 45.4 Å². The van der Waals surface area contributed by atoms with Gasteiger partial charge in [-0.15, -0.1) is 0 Å². The van der Waals surface area contributed by atoms with Gasteiger partial charge in [-0.1, -0.05) is 47.6 Å². The Labute approximate surface area is 67.6 Å². The minimum absolute atomic E-state index is 1.37. The summed E-state index contributed by atoms with van der Waals surface area (Å²) in [5.41, 5.74) is 0. The first kappa shape index (κ1) is 10.4. The van der Waals surface area contributed by atoms with Crippen molar-refractivity contribution in [2.75, 3.05) is 12.8 Å². The van der Waals surface area contributed by atoms with Gasteiger partial charge in [0.05, 0.1) is 0 Å². The Hall–Kier alpha value is 0.430. The number of unbranched alkanes of at least 4 members (excludes halogenated alkanes) is 5. The Bertz CT molecular complexity index is 44.7. The first-order chi connectivity index (χ1) is 4.91. The summed E-state index contributed by atoms with van der Waals surface area (Å²) in [5.74, 6) is 0. The summed E-state index contributed by atoms with van der Waals surface area (Å²) in [6.07, 6.45) is 10.0. The van der Waals surface area contributed by atoms with Crippen molar-refractivity contribution in [2.45, 2.75) is 45.4 Å². The van der Waals surface area contributed by atoms with Gasteiger partial charge in [0, 0.05) is 0 Å². The van der Waals surface area contributed by atoms with Crippen LogP contribution in [-0.2, 0) is 0 Å². The summed E-state index contributed by atoms with van der Waals surface area (Å²) in [5, 5.41) is 0. The average Bonchev–Trinajstić information content (AvgIpc) is 1.97. The summed E-state index contributed by atoms with van der Waals surface area (Å²) in [7, 11) is 1.57. The molecular formula is C9H20P. The van der Waals surface area contributed by atoms with Gasteiger partial charge in [-0.3, -0.25) is 0 Å². The van der Waals surface area contributed by atoms with E-state index >= 15 is 0 Å². The van der Waals surface area contributed by atoms with Crippen LogP contribution in [0.5, 0.6) is 0 Å². The lowest BCUT2D eigenvalue weighted by molar-refractivity contribution is 0.626. The fraction of sp³-hybridized carbons (Fsp3) is 1.00. The Morgan fingerprint density at radius 3 is 2.10 bits per heavy atom. The van der Waals surface area contributed by atoms with Gasteiger partial charge in [0.1, 0.15) is 0 Å². The first-order valence-electron chi connectivity index (χ1n) is 4.47. The molecule has 1 radical (unpaired) electrons. The molecule has 0 aliphatic heterocycles. The number of rotatable bonds is 7. The maximum Gasteiger partial charge on any atom is -0.0290 e. The van der Waals surface area contributed by atoms with E-state index in [0.717, 1.165) is 0 Å². The summed E-state index contributed by atoms with van der Waals surface area (Å²) in [4.78, 5) is 0. The van der Waals surface area contributed by atoms with Crippen molar-refractivity contribution in [2.24, 2.45) is 0 Å². The highest BCUT2D eigenvalue weighted by atomic mass is 31.1. The molecule has 0 atom stereocenters. The third kappa shape index (κ3) is 8.43. The zero-order valence-corrected chi connectivity index (χ0v) is 8.29. The molecule has 0 bridgehead atoms. The maximum absolute atomic E-state index is 2.27. The van der Waals surface area contributed by atoms with Crippen LogP contribution in [0, 0.1) is 0 Å². The molecule has 0 aromatic heterocycles. The zero-order valence-electron chi connectivity index (χ0n) is 7.40. The van der Waals surface area contributed by atoms with Gasteiger partial charge in [-0.2, -0.15) is 0 Å². The second-order valence-electron chi connectivity index (χ2n) is 2.81. The van der Waals surface area contributed by atoms with Crippen LogP contribution in [0.25, 0.3) is 0 Å². The van der Waals surface area contributed by atoms with E-state index in [9.17, 15) is 0 Å². The van der Waals surface area contributed by atoms with Gasteiger partial charge in [0.25, 0.3) is 0 Å². The molecule has 61 valence electrons.